The number of nitrogens with one attached hydrogen (secondary N) is 1. The number of phenols is 1. The summed E-state index contributed by atoms with van der Waals surface area (Å²) >= 11 is 0. The van der Waals surface area contributed by atoms with Crippen LogP contribution in [0.15, 0.2) is 55.0 Å². The molecule has 1 aliphatic carbocycles. The average molecular weight is 376 g/mol. The number of nitrogens with zero attached hydrogens (tertiary/aromatic N) is 3. The normalized spacial score (nSPS) is 15.5. The van der Waals surface area contributed by atoms with Crippen LogP contribution in [0.3, 0.4) is 0 Å². The molecule has 1 amide bonds. The lowest BCUT2D eigenvalue weighted by Gasteiger charge is -2.25. The number of hydrogen-bond acceptors (Lipinski definition) is 6. The van der Waals surface area contributed by atoms with E-state index in [9.17, 15) is 9.90 Å². The number of carbonyl (C=O) groups is 1. The minimum Gasteiger partial charge on any atom is -0.504 e. The summed E-state index contributed by atoms with van der Waals surface area (Å²) < 4.78 is 5.40. The Morgan fingerprint density at radius 1 is 1.21 bits per heavy atom. The fraction of sp³-hybridized carbons (Fsp3) is 0.238. The molecule has 0 saturated heterocycles. The summed E-state index contributed by atoms with van der Waals surface area (Å²) in [7, 11) is 0. The van der Waals surface area contributed by atoms with E-state index in [0.29, 0.717) is 5.82 Å². The lowest BCUT2D eigenvalue weighted by molar-refractivity contribution is -0.124. The van der Waals surface area contributed by atoms with Gasteiger partial charge in [0.1, 0.15) is 0 Å². The first-order chi connectivity index (χ1) is 13.7. The van der Waals surface area contributed by atoms with Crippen molar-refractivity contribution in [2.24, 2.45) is 0 Å². The monoisotopic (exact) mass is 376 g/mol. The number of aromatic hydroxyl groups is 1. The van der Waals surface area contributed by atoms with E-state index >= 15 is 0 Å². The molecule has 4 rings (SSSR count). The van der Waals surface area contributed by atoms with Crippen LogP contribution in [0.5, 0.6) is 11.5 Å². The van der Waals surface area contributed by atoms with Gasteiger partial charge in [0.05, 0.1) is 6.04 Å². The van der Waals surface area contributed by atoms with Gasteiger partial charge in [-0.1, -0.05) is 12.1 Å². The highest BCUT2D eigenvalue weighted by molar-refractivity contribution is 5.78. The molecule has 0 saturated carbocycles. The van der Waals surface area contributed by atoms with Crippen molar-refractivity contribution in [1.82, 2.24) is 20.3 Å². The summed E-state index contributed by atoms with van der Waals surface area (Å²) in [5, 5.41) is 12.7. The van der Waals surface area contributed by atoms with Crippen molar-refractivity contribution >= 4 is 5.91 Å². The van der Waals surface area contributed by atoms with Gasteiger partial charge in [0.2, 0.25) is 0 Å². The van der Waals surface area contributed by atoms with E-state index in [0.717, 1.165) is 36.1 Å². The number of pyridine rings is 1. The fourth-order valence-electron chi connectivity index (χ4n) is 3.29. The van der Waals surface area contributed by atoms with Crippen LogP contribution in [0.2, 0.25) is 0 Å². The number of ether oxygens (including phenoxy) is 1. The molecule has 1 aliphatic rings. The fourth-order valence-corrected chi connectivity index (χ4v) is 3.29. The Kier molecular flexibility index (Phi) is 5.14. The van der Waals surface area contributed by atoms with E-state index in [1.165, 1.54) is 6.07 Å². The predicted octanol–water partition coefficient (Wildman–Crippen LogP) is 2.82. The van der Waals surface area contributed by atoms with E-state index < -0.39 is 0 Å². The van der Waals surface area contributed by atoms with Crippen molar-refractivity contribution < 1.29 is 14.6 Å². The van der Waals surface area contributed by atoms with Gasteiger partial charge in [-0.15, -0.1) is 0 Å². The van der Waals surface area contributed by atoms with Gasteiger partial charge in [0.25, 0.3) is 5.91 Å². The van der Waals surface area contributed by atoms with Crippen LogP contribution < -0.4 is 10.1 Å². The summed E-state index contributed by atoms with van der Waals surface area (Å²) in [6, 6.07) is 10.2. The van der Waals surface area contributed by atoms with Gasteiger partial charge >= 0.3 is 0 Å². The van der Waals surface area contributed by atoms with Crippen LogP contribution in [-0.2, 0) is 11.2 Å². The number of para-hydroxylation sites is 2. The van der Waals surface area contributed by atoms with E-state index in [1.807, 2.05) is 12.1 Å². The van der Waals surface area contributed by atoms with Gasteiger partial charge < -0.3 is 15.2 Å². The second-order valence-corrected chi connectivity index (χ2v) is 6.61. The van der Waals surface area contributed by atoms with Crippen molar-refractivity contribution in [2.45, 2.75) is 25.3 Å². The van der Waals surface area contributed by atoms with Crippen molar-refractivity contribution in [3.63, 3.8) is 0 Å². The zero-order valence-corrected chi connectivity index (χ0v) is 15.2. The first kappa shape index (κ1) is 17.9. The molecule has 7 nitrogen and oxygen atoms in total. The summed E-state index contributed by atoms with van der Waals surface area (Å²) in [5.74, 6) is 0.680. The lowest BCUT2D eigenvalue weighted by atomic mass is 9.92. The molecule has 2 aromatic heterocycles. The number of carbonyl (C=O) groups excluding carboxylic acids is 1. The number of aryl methyl sites for hydroxylation is 1. The summed E-state index contributed by atoms with van der Waals surface area (Å²) in [4.78, 5) is 25.6. The number of hydrogen-bond donors (Lipinski definition) is 2. The average Bonchev–Trinajstić information content (AvgIpc) is 2.74. The second kappa shape index (κ2) is 8.04. The maximum atomic E-state index is 12.3. The Balaban J connectivity index is 1.44. The highest BCUT2D eigenvalue weighted by Gasteiger charge is 2.24. The standard InChI is InChI=1S/C21H20N4O3/c26-18-8-1-2-9-19(18)28-13-20(27)24-16-6-3-7-17-15(16)12-23-21(25-17)14-5-4-10-22-11-14/h1-2,4-5,8-12,16,26H,3,6-7,13H2,(H,24,27)/t16-/m1/s1. The highest BCUT2D eigenvalue weighted by Crippen LogP contribution is 2.29. The van der Waals surface area contributed by atoms with Crippen molar-refractivity contribution in [2.75, 3.05) is 6.61 Å². The number of rotatable bonds is 5. The van der Waals surface area contributed by atoms with Crippen molar-refractivity contribution in [3.8, 4) is 22.9 Å². The van der Waals surface area contributed by atoms with Gasteiger partial charge in [-0.3, -0.25) is 9.78 Å². The smallest absolute Gasteiger partial charge is 0.258 e. The molecular weight excluding hydrogens is 356 g/mol. The summed E-state index contributed by atoms with van der Waals surface area (Å²) in [6.07, 6.45) is 7.85. The van der Waals surface area contributed by atoms with Crippen molar-refractivity contribution in [1.29, 1.82) is 0 Å². The third-order valence-corrected chi connectivity index (χ3v) is 4.66. The van der Waals surface area contributed by atoms with Crippen molar-refractivity contribution in [3.05, 3.63) is 66.2 Å². The zero-order chi connectivity index (χ0) is 19.3. The molecule has 0 unspecified atom stereocenters. The molecular formula is C21H20N4O3. The zero-order valence-electron chi connectivity index (χ0n) is 15.2. The lowest BCUT2D eigenvalue weighted by Crippen LogP contribution is -2.34. The van der Waals surface area contributed by atoms with Gasteiger partial charge in [-0.2, -0.15) is 0 Å². The molecule has 0 spiro atoms. The van der Waals surface area contributed by atoms with E-state index in [2.05, 4.69) is 20.3 Å². The maximum Gasteiger partial charge on any atom is 0.258 e. The Morgan fingerprint density at radius 2 is 2.11 bits per heavy atom. The third kappa shape index (κ3) is 3.93. The Morgan fingerprint density at radius 3 is 2.93 bits per heavy atom. The Bertz CT molecular complexity index is 978. The maximum absolute atomic E-state index is 12.3. The first-order valence-corrected chi connectivity index (χ1v) is 9.17. The minimum absolute atomic E-state index is 0.00893. The molecule has 2 heterocycles. The van der Waals surface area contributed by atoms with Crippen LogP contribution in [0.1, 0.15) is 30.1 Å². The molecule has 0 aliphatic heterocycles. The summed E-state index contributed by atoms with van der Waals surface area (Å²) in [5.41, 5.74) is 2.76. The highest BCUT2D eigenvalue weighted by atomic mass is 16.5. The third-order valence-electron chi connectivity index (χ3n) is 4.66. The SMILES string of the molecule is O=C(COc1ccccc1O)N[C@@H]1CCCc2nc(-c3cccnc3)ncc21. The molecule has 1 atom stereocenters. The number of phenolic OH excluding ortho intramolecular Hbond substituents is 1. The van der Waals surface area contributed by atoms with Gasteiger partial charge in [-0.05, 0) is 43.5 Å². The Hall–Kier alpha value is -3.48. The molecule has 0 bridgehead atoms. The molecule has 7 heteroatoms. The molecule has 2 N–H and O–H groups in total. The van der Waals surface area contributed by atoms with Gasteiger partial charge in [0.15, 0.2) is 23.9 Å². The van der Waals surface area contributed by atoms with Gasteiger partial charge in [0, 0.05) is 35.4 Å². The molecule has 0 fully saturated rings. The molecule has 1 aromatic carbocycles. The molecule has 3 aromatic rings. The molecule has 0 radical (unpaired) electrons. The van der Waals surface area contributed by atoms with E-state index in [-0.39, 0.29) is 30.1 Å². The number of benzene rings is 1. The van der Waals surface area contributed by atoms with E-state index in [1.54, 1.807) is 36.8 Å². The second-order valence-electron chi connectivity index (χ2n) is 6.61. The quantitative estimate of drug-likeness (QED) is 0.711. The largest absolute Gasteiger partial charge is 0.504 e. The van der Waals surface area contributed by atoms with Crippen LogP contribution in [-0.4, -0.2) is 32.6 Å². The van der Waals surface area contributed by atoms with Crippen LogP contribution in [0.4, 0.5) is 0 Å². The van der Waals surface area contributed by atoms with Crippen LogP contribution >= 0.6 is 0 Å². The number of aromatic nitrogens is 3. The predicted molar refractivity (Wildman–Crippen MR) is 103 cm³/mol. The van der Waals surface area contributed by atoms with Gasteiger partial charge in [-0.25, -0.2) is 9.97 Å². The van der Waals surface area contributed by atoms with E-state index in [4.69, 9.17) is 4.74 Å². The first-order valence-electron chi connectivity index (χ1n) is 9.17. The topological polar surface area (TPSA) is 97.2 Å². The number of fused-ring (bicyclic) bond motifs is 1. The summed E-state index contributed by atoms with van der Waals surface area (Å²) in [6.45, 7) is -0.169. The van der Waals surface area contributed by atoms with Crippen LogP contribution in [0, 0.1) is 0 Å². The molecule has 28 heavy (non-hydrogen) atoms. The molecule has 142 valence electrons. The van der Waals surface area contributed by atoms with Crippen LogP contribution in [0.25, 0.3) is 11.4 Å². The number of amides is 1. The minimum atomic E-state index is -0.252. The Labute approximate surface area is 162 Å².